The summed E-state index contributed by atoms with van der Waals surface area (Å²) in [4.78, 5) is 0. The Morgan fingerprint density at radius 2 is 1.00 bits per heavy atom. The first-order chi connectivity index (χ1) is 19.0. The summed E-state index contributed by atoms with van der Waals surface area (Å²) in [6, 6.07) is 36.1. The quantitative estimate of drug-likeness (QED) is 0.169. The normalized spacial score (nSPS) is 12.3. The first-order valence-electron chi connectivity index (χ1n) is 14.2. The third-order valence-electron chi connectivity index (χ3n) is 8.19. The van der Waals surface area contributed by atoms with E-state index in [1.54, 1.807) is 0 Å². The van der Waals surface area contributed by atoms with E-state index in [0.29, 0.717) is 12.4 Å². The van der Waals surface area contributed by atoms with E-state index >= 15 is 0 Å². The molecular weight excluding hydrogens is 572 g/mol. The fraction of sp³-hybridized carbons (Fsp3) is 0.333. The molecule has 0 aliphatic carbocycles. The Morgan fingerprint density at radius 3 is 1.45 bits per heavy atom. The van der Waals surface area contributed by atoms with Crippen molar-refractivity contribution >= 4 is 0 Å². The molecule has 4 aromatic carbocycles. The van der Waals surface area contributed by atoms with Gasteiger partial charge < -0.3 is 0 Å². The first-order valence-corrected chi connectivity index (χ1v) is 17.2. The Kier molecular flexibility index (Phi) is 9.43. The molecule has 40 heavy (non-hydrogen) atoms. The molecule has 0 unspecified atom stereocenters. The second kappa shape index (κ2) is 12.5. The second-order valence-electron chi connectivity index (χ2n) is 12.0. The average Bonchev–Trinajstić information content (AvgIpc) is 2.97. The summed E-state index contributed by atoms with van der Waals surface area (Å²) in [7, 11) is 0. The summed E-state index contributed by atoms with van der Waals surface area (Å²) in [5.74, 6) is 0.654. The van der Waals surface area contributed by atoms with Crippen LogP contribution >= 0.6 is 0 Å². The Hall–Kier alpha value is -2.68. The van der Waals surface area contributed by atoms with Crippen LogP contribution in [0.1, 0.15) is 88.3 Å². The van der Waals surface area contributed by atoms with Gasteiger partial charge in [0.05, 0.1) is 0 Å². The van der Waals surface area contributed by atoms with E-state index in [0.717, 1.165) is 12.0 Å². The SMILES string of the molecule is CCC[O][Zr](=[O])[O]c1ccc(C(C)(C)c2ccccc2)c(C(C)(C)c2ccccc2)c1C(C)(C)c1ccccc1. The summed E-state index contributed by atoms with van der Waals surface area (Å²) < 4.78 is 25.1. The summed E-state index contributed by atoms with van der Waals surface area (Å²) in [6.07, 6.45) is 0.800. The Morgan fingerprint density at radius 1 is 0.575 bits per heavy atom. The van der Waals surface area contributed by atoms with Crippen molar-refractivity contribution in [2.75, 3.05) is 6.61 Å². The molecule has 0 aromatic heterocycles. The number of benzene rings is 4. The van der Waals surface area contributed by atoms with Crippen LogP contribution in [0.25, 0.3) is 0 Å². The van der Waals surface area contributed by atoms with Gasteiger partial charge in [0, 0.05) is 0 Å². The minimum absolute atomic E-state index is 0.305. The molecule has 4 heteroatoms. The summed E-state index contributed by atoms with van der Waals surface area (Å²) in [5.41, 5.74) is 5.97. The van der Waals surface area contributed by atoms with Crippen LogP contribution in [0.5, 0.6) is 5.75 Å². The number of hydrogen-bond donors (Lipinski definition) is 0. The molecule has 0 N–H and O–H groups in total. The van der Waals surface area contributed by atoms with Crippen molar-refractivity contribution in [3.8, 4) is 5.75 Å². The van der Waals surface area contributed by atoms with E-state index in [4.69, 9.17) is 5.63 Å². The van der Waals surface area contributed by atoms with E-state index < -0.39 is 28.1 Å². The molecule has 0 spiro atoms. The topological polar surface area (TPSA) is 35.5 Å². The summed E-state index contributed by atoms with van der Waals surface area (Å²) in [6.45, 7) is 16.1. The molecule has 0 saturated heterocycles. The molecule has 0 aliphatic rings. The monoisotopic (exact) mass is 612 g/mol. The van der Waals surface area contributed by atoms with Gasteiger partial charge in [0.1, 0.15) is 0 Å². The molecule has 0 amide bonds. The molecule has 0 radical (unpaired) electrons. The van der Waals surface area contributed by atoms with E-state index in [-0.39, 0.29) is 10.8 Å². The van der Waals surface area contributed by atoms with Crippen LogP contribution in [-0.4, -0.2) is 6.61 Å². The predicted octanol–water partition coefficient (Wildman–Crippen LogP) is 9.26. The Balaban J connectivity index is 2.10. The Labute approximate surface area is 249 Å². The van der Waals surface area contributed by atoms with Gasteiger partial charge in [-0.3, -0.25) is 0 Å². The molecule has 0 aliphatic heterocycles. The van der Waals surface area contributed by atoms with Gasteiger partial charge in [0.2, 0.25) is 0 Å². The molecular formula is C36H42O3Zr. The third kappa shape index (κ3) is 6.14. The summed E-state index contributed by atoms with van der Waals surface area (Å²) >= 11 is -3.80. The van der Waals surface area contributed by atoms with Gasteiger partial charge in [-0.25, -0.2) is 0 Å². The zero-order valence-corrected chi connectivity index (χ0v) is 27.4. The fourth-order valence-corrected chi connectivity index (χ4v) is 7.69. The Bertz CT molecular complexity index is 1430. The van der Waals surface area contributed by atoms with Gasteiger partial charge in [-0.1, -0.05) is 0 Å². The van der Waals surface area contributed by atoms with Crippen molar-refractivity contribution in [2.45, 2.75) is 71.1 Å². The molecule has 4 rings (SSSR count). The van der Waals surface area contributed by atoms with Crippen molar-refractivity contribution in [1.29, 1.82) is 0 Å². The zero-order chi connectivity index (χ0) is 29.0. The second-order valence-corrected chi connectivity index (χ2v) is 14.5. The van der Waals surface area contributed by atoms with Gasteiger partial charge in [-0.2, -0.15) is 0 Å². The predicted molar refractivity (Wildman–Crippen MR) is 160 cm³/mol. The average molecular weight is 614 g/mol. The van der Waals surface area contributed by atoms with Crippen LogP contribution in [0.4, 0.5) is 0 Å². The van der Waals surface area contributed by atoms with Gasteiger partial charge in [0.25, 0.3) is 0 Å². The molecule has 0 fully saturated rings. The van der Waals surface area contributed by atoms with Gasteiger partial charge in [-0.05, 0) is 0 Å². The van der Waals surface area contributed by atoms with Crippen LogP contribution in [0.2, 0.25) is 0 Å². The van der Waals surface area contributed by atoms with Crippen molar-refractivity contribution in [2.24, 2.45) is 0 Å². The van der Waals surface area contributed by atoms with Crippen molar-refractivity contribution in [3.63, 3.8) is 0 Å². The van der Waals surface area contributed by atoms with Gasteiger partial charge in [0.15, 0.2) is 0 Å². The van der Waals surface area contributed by atoms with Gasteiger partial charge in [-0.15, -0.1) is 0 Å². The third-order valence-corrected chi connectivity index (χ3v) is 10.2. The molecule has 4 aromatic rings. The standard InChI is InChI=1S/C33H36O.C3H7O.O.Zr/c1-31(2,24-16-10-7-11-17-24)27-22-23-28(34)30(33(5,6)26-20-14-9-15-21-26)29(27)32(3,4)25-18-12-8-13-19-25;1-2-3-4;;/h7-23,34H,1-6H3;2-3H2,1H3;;/q;-1;;+2/p-1. The van der Waals surface area contributed by atoms with Crippen molar-refractivity contribution < 1.29 is 31.1 Å². The molecule has 3 nitrogen and oxygen atoms in total. The van der Waals surface area contributed by atoms with Crippen LogP contribution in [0.15, 0.2) is 103 Å². The maximum atomic E-state index is 13.2. The first kappa shape index (κ1) is 30.3. The van der Waals surface area contributed by atoms with E-state index in [1.165, 1.54) is 27.8 Å². The van der Waals surface area contributed by atoms with Crippen LogP contribution in [0, 0.1) is 0 Å². The molecule has 0 saturated carbocycles. The fourth-order valence-electron chi connectivity index (χ4n) is 5.77. The maximum absolute atomic E-state index is 13.2. The van der Waals surface area contributed by atoms with Crippen molar-refractivity contribution in [3.05, 3.63) is 137 Å². The minimum atomic E-state index is -3.80. The molecule has 0 heterocycles. The molecule has 0 atom stereocenters. The number of hydrogen-bond acceptors (Lipinski definition) is 3. The number of rotatable bonds is 11. The molecule has 208 valence electrons. The van der Waals surface area contributed by atoms with Crippen molar-refractivity contribution in [1.82, 2.24) is 0 Å². The zero-order valence-electron chi connectivity index (χ0n) is 25.0. The van der Waals surface area contributed by atoms with E-state index in [1.807, 2.05) is 19.1 Å². The van der Waals surface area contributed by atoms with E-state index in [2.05, 4.69) is 133 Å². The van der Waals surface area contributed by atoms with E-state index in [9.17, 15) is 2.81 Å². The molecule has 0 bridgehead atoms. The van der Waals surface area contributed by atoms with Gasteiger partial charge >= 0.3 is 251 Å². The van der Waals surface area contributed by atoms with Crippen LogP contribution in [-0.2, 0) is 44.5 Å². The summed E-state index contributed by atoms with van der Waals surface area (Å²) in [5, 5.41) is 0. The van der Waals surface area contributed by atoms with Crippen LogP contribution < -0.4 is 2.81 Å². The van der Waals surface area contributed by atoms with Crippen LogP contribution in [0.3, 0.4) is 0 Å².